The van der Waals surface area contributed by atoms with E-state index in [1.807, 2.05) is 4.57 Å². The van der Waals surface area contributed by atoms with Gasteiger partial charge in [0, 0.05) is 29.7 Å². The van der Waals surface area contributed by atoms with Gasteiger partial charge in [0.1, 0.15) is 17.2 Å². The number of nitrogens with zero attached hydrogens (tertiary/aromatic N) is 4. The average molecular weight is 430 g/mol. The first-order valence-corrected chi connectivity index (χ1v) is 9.79. The van der Waals surface area contributed by atoms with Crippen LogP contribution in [0.2, 0.25) is 5.02 Å². The maximum Gasteiger partial charge on any atom is 0.283 e. The molecule has 10 heteroatoms. The number of benzene rings is 2. The van der Waals surface area contributed by atoms with E-state index in [1.165, 1.54) is 30.3 Å². The summed E-state index contributed by atoms with van der Waals surface area (Å²) < 4.78 is 16.5. The quantitative estimate of drug-likeness (QED) is 0.481. The van der Waals surface area contributed by atoms with Gasteiger partial charge in [-0.15, -0.1) is 10.2 Å². The Morgan fingerprint density at radius 3 is 2.80 bits per heavy atom. The number of nitro groups is 1. The number of aryl methyl sites for hydroxylation is 1. The highest BCUT2D eigenvalue weighted by molar-refractivity contribution is 6.31. The Balaban J connectivity index is 1.66. The highest BCUT2D eigenvalue weighted by Crippen LogP contribution is 2.29. The number of rotatable bonds is 4. The van der Waals surface area contributed by atoms with Gasteiger partial charge in [-0.05, 0) is 43.2 Å². The predicted molar refractivity (Wildman–Crippen MR) is 109 cm³/mol. The first-order valence-electron chi connectivity index (χ1n) is 9.41. The summed E-state index contributed by atoms with van der Waals surface area (Å²) in [7, 11) is 0. The van der Waals surface area contributed by atoms with Crippen LogP contribution in [0.3, 0.4) is 0 Å². The summed E-state index contributed by atoms with van der Waals surface area (Å²) >= 11 is 5.80. The highest BCUT2D eigenvalue weighted by Gasteiger charge is 2.22. The summed E-state index contributed by atoms with van der Waals surface area (Å²) in [6.07, 6.45) is 3.82. The molecule has 1 aliphatic heterocycles. The Hall–Kier alpha value is -3.33. The first-order chi connectivity index (χ1) is 14.4. The zero-order valence-electron chi connectivity index (χ0n) is 15.8. The third-order valence-corrected chi connectivity index (χ3v) is 5.21. The second-order valence-electron chi connectivity index (χ2n) is 6.97. The third-order valence-electron chi connectivity index (χ3n) is 4.98. The van der Waals surface area contributed by atoms with Crippen LogP contribution in [0.5, 0.6) is 0 Å². The van der Waals surface area contributed by atoms with Gasteiger partial charge in [0.2, 0.25) is 0 Å². The van der Waals surface area contributed by atoms with Crippen LogP contribution in [-0.4, -0.2) is 25.6 Å². The molecule has 3 aromatic rings. The molecule has 0 radical (unpaired) electrons. The van der Waals surface area contributed by atoms with Gasteiger partial charge in [0.15, 0.2) is 5.82 Å². The van der Waals surface area contributed by atoms with E-state index in [2.05, 4.69) is 15.5 Å². The number of carbonyl (C=O) groups is 1. The van der Waals surface area contributed by atoms with Crippen molar-refractivity contribution in [3.05, 3.63) is 68.7 Å². The molecule has 0 aliphatic carbocycles. The van der Waals surface area contributed by atoms with Crippen LogP contribution in [-0.2, 0) is 13.0 Å². The summed E-state index contributed by atoms with van der Waals surface area (Å²) in [5.41, 5.74) is -0.0672. The van der Waals surface area contributed by atoms with Crippen molar-refractivity contribution in [3.8, 4) is 11.4 Å². The Morgan fingerprint density at radius 1 is 1.17 bits per heavy atom. The van der Waals surface area contributed by atoms with E-state index in [0.717, 1.165) is 37.6 Å². The van der Waals surface area contributed by atoms with Gasteiger partial charge in [-0.3, -0.25) is 14.9 Å². The lowest BCUT2D eigenvalue weighted by atomic mass is 10.1. The minimum Gasteiger partial charge on any atom is -0.322 e. The summed E-state index contributed by atoms with van der Waals surface area (Å²) in [5.74, 6) is 0.0204. The van der Waals surface area contributed by atoms with E-state index in [-0.39, 0.29) is 21.8 Å². The molecule has 1 N–H and O–H groups in total. The Bertz CT molecular complexity index is 1150. The van der Waals surface area contributed by atoms with Crippen molar-refractivity contribution in [2.75, 3.05) is 5.32 Å². The normalized spacial score (nSPS) is 13.4. The molecule has 154 valence electrons. The summed E-state index contributed by atoms with van der Waals surface area (Å²) in [4.78, 5) is 23.2. The standard InChI is InChI=1S/C20H17ClFN5O3/c21-12-5-7-14(17(10-12)27(29)30)20(28)23-13-6-8-16(22)15(11-13)19-25-24-18-4-2-1-3-9-26(18)19/h5-8,10-11H,1-4,9H2,(H,23,28). The van der Waals surface area contributed by atoms with Crippen LogP contribution in [0.25, 0.3) is 11.4 Å². The molecule has 0 spiro atoms. The number of hydrogen-bond donors (Lipinski definition) is 1. The van der Waals surface area contributed by atoms with Gasteiger partial charge in [-0.2, -0.15) is 0 Å². The van der Waals surface area contributed by atoms with Gasteiger partial charge < -0.3 is 9.88 Å². The fourth-order valence-electron chi connectivity index (χ4n) is 3.50. The molecule has 2 aromatic carbocycles. The smallest absolute Gasteiger partial charge is 0.283 e. The van der Waals surface area contributed by atoms with E-state index in [9.17, 15) is 19.3 Å². The van der Waals surface area contributed by atoms with E-state index >= 15 is 0 Å². The van der Waals surface area contributed by atoms with Crippen molar-refractivity contribution >= 4 is 28.9 Å². The fourth-order valence-corrected chi connectivity index (χ4v) is 3.67. The van der Waals surface area contributed by atoms with E-state index in [1.54, 1.807) is 0 Å². The Labute approximate surface area is 175 Å². The third kappa shape index (κ3) is 3.88. The average Bonchev–Trinajstić information content (AvgIpc) is 2.96. The lowest BCUT2D eigenvalue weighted by molar-refractivity contribution is -0.385. The van der Waals surface area contributed by atoms with E-state index in [4.69, 9.17) is 11.6 Å². The van der Waals surface area contributed by atoms with Crippen LogP contribution in [0, 0.1) is 15.9 Å². The monoisotopic (exact) mass is 429 g/mol. The molecule has 1 amide bonds. The van der Waals surface area contributed by atoms with Gasteiger partial charge in [0.25, 0.3) is 11.6 Å². The number of halogens is 2. The van der Waals surface area contributed by atoms with E-state index < -0.39 is 22.3 Å². The maximum atomic E-state index is 14.6. The molecule has 0 unspecified atom stereocenters. The number of aromatic nitrogens is 3. The van der Waals surface area contributed by atoms with Gasteiger partial charge >= 0.3 is 0 Å². The minimum atomic E-state index is -0.698. The molecule has 0 saturated heterocycles. The van der Waals surface area contributed by atoms with Crippen LogP contribution in [0.1, 0.15) is 35.4 Å². The molecule has 8 nitrogen and oxygen atoms in total. The van der Waals surface area contributed by atoms with Crippen molar-refractivity contribution in [2.45, 2.75) is 32.2 Å². The second-order valence-corrected chi connectivity index (χ2v) is 7.41. The van der Waals surface area contributed by atoms with Crippen molar-refractivity contribution in [2.24, 2.45) is 0 Å². The largest absolute Gasteiger partial charge is 0.322 e. The van der Waals surface area contributed by atoms with Gasteiger partial charge in [-0.25, -0.2) is 4.39 Å². The summed E-state index contributed by atoms with van der Waals surface area (Å²) in [6.45, 7) is 0.699. The summed E-state index contributed by atoms with van der Waals surface area (Å²) in [5, 5.41) is 22.3. The molecule has 4 rings (SSSR count). The lowest BCUT2D eigenvalue weighted by Gasteiger charge is -2.11. The lowest BCUT2D eigenvalue weighted by Crippen LogP contribution is -2.14. The zero-order chi connectivity index (χ0) is 21.3. The van der Waals surface area contributed by atoms with Crippen LogP contribution >= 0.6 is 11.6 Å². The highest BCUT2D eigenvalue weighted by atomic mass is 35.5. The fraction of sp³-hybridized carbons (Fsp3) is 0.250. The molecule has 1 aromatic heterocycles. The first kappa shape index (κ1) is 20.0. The molecule has 0 fully saturated rings. The SMILES string of the molecule is O=C(Nc1ccc(F)c(-c2nnc3n2CCCCC3)c1)c1ccc(Cl)cc1[N+](=O)[O-]. The van der Waals surface area contributed by atoms with Crippen molar-refractivity contribution in [1.29, 1.82) is 0 Å². The number of fused-ring (bicyclic) bond motifs is 1. The zero-order valence-corrected chi connectivity index (χ0v) is 16.5. The predicted octanol–water partition coefficient (Wildman–Crippen LogP) is 4.62. The maximum absolute atomic E-state index is 14.6. The molecule has 0 atom stereocenters. The van der Waals surface area contributed by atoms with Crippen LogP contribution in [0.15, 0.2) is 36.4 Å². The van der Waals surface area contributed by atoms with Crippen molar-refractivity contribution < 1.29 is 14.1 Å². The second kappa shape index (κ2) is 8.19. The van der Waals surface area contributed by atoms with Crippen LogP contribution in [0.4, 0.5) is 15.8 Å². The molecule has 30 heavy (non-hydrogen) atoms. The number of nitro benzene ring substituents is 1. The molecule has 1 aliphatic rings. The number of hydrogen-bond acceptors (Lipinski definition) is 5. The molecule has 2 heterocycles. The number of anilines is 1. The number of amides is 1. The van der Waals surface area contributed by atoms with Gasteiger partial charge in [0.05, 0.1) is 10.5 Å². The Morgan fingerprint density at radius 2 is 2.00 bits per heavy atom. The number of nitrogens with one attached hydrogen (secondary N) is 1. The number of carbonyl (C=O) groups excluding carboxylic acids is 1. The minimum absolute atomic E-state index is 0.147. The topological polar surface area (TPSA) is 103 Å². The molecular weight excluding hydrogens is 413 g/mol. The summed E-state index contributed by atoms with van der Waals surface area (Å²) in [6, 6.07) is 7.84. The molecule has 0 saturated carbocycles. The van der Waals surface area contributed by atoms with Gasteiger partial charge in [-0.1, -0.05) is 18.0 Å². The van der Waals surface area contributed by atoms with Crippen molar-refractivity contribution in [1.82, 2.24) is 14.8 Å². The van der Waals surface area contributed by atoms with E-state index in [0.29, 0.717) is 12.4 Å². The molecular formula is C20H17ClFN5O3. The van der Waals surface area contributed by atoms with Crippen LogP contribution < -0.4 is 5.32 Å². The Kier molecular flexibility index (Phi) is 5.45. The molecule has 0 bridgehead atoms. The van der Waals surface area contributed by atoms with Crippen molar-refractivity contribution in [3.63, 3.8) is 0 Å².